The Kier molecular flexibility index (Phi) is 5.47. The maximum absolute atomic E-state index is 12.6. The molecule has 0 spiro atoms. The second-order valence-electron chi connectivity index (χ2n) is 6.45. The smallest absolute Gasteiger partial charge is 0.340 e. The van der Waals surface area contributed by atoms with Crippen molar-refractivity contribution in [3.8, 4) is 0 Å². The summed E-state index contributed by atoms with van der Waals surface area (Å²) in [5.41, 5.74) is -1.21. The Morgan fingerprint density at radius 3 is 2.32 bits per heavy atom. The highest BCUT2D eigenvalue weighted by molar-refractivity contribution is 6.00. The Morgan fingerprint density at radius 1 is 1.24 bits per heavy atom. The fraction of sp³-hybridized carbons (Fsp3) is 0.500. The number of carboxylic acids is 1. The number of methoxy groups -OCH3 is 1. The Morgan fingerprint density at radius 2 is 1.84 bits per heavy atom. The van der Waals surface area contributed by atoms with Crippen molar-refractivity contribution in [2.24, 2.45) is 16.8 Å². The van der Waals surface area contributed by atoms with Crippen molar-refractivity contribution < 1.29 is 29.3 Å². The minimum absolute atomic E-state index is 0.182. The van der Waals surface area contributed by atoms with E-state index in [-0.39, 0.29) is 11.8 Å². The van der Waals surface area contributed by atoms with E-state index in [0.29, 0.717) is 5.56 Å². The lowest BCUT2D eigenvalue weighted by Gasteiger charge is -2.36. The third kappa shape index (κ3) is 3.24. The Labute approximate surface area is 146 Å². The number of hydrogen-bond donors (Lipinski definition) is 2. The quantitative estimate of drug-likeness (QED) is 0.754. The van der Waals surface area contributed by atoms with Crippen LogP contribution in [0.25, 0.3) is 0 Å². The summed E-state index contributed by atoms with van der Waals surface area (Å²) in [7, 11) is 1.18. The second kappa shape index (κ2) is 7.23. The van der Waals surface area contributed by atoms with E-state index in [9.17, 15) is 19.8 Å². The van der Waals surface area contributed by atoms with Gasteiger partial charge in [-0.1, -0.05) is 32.0 Å². The van der Waals surface area contributed by atoms with E-state index in [1.807, 2.05) is 19.9 Å². The number of carboxylic acid groups (broad SMARTS) is 1. The zero-order valence-corrected chi connectivity index (χ0v) is 14.7. The van der Waals surface area contributed by atoms with Crippen LogP contribution in [-0.2, 0) is 19.1 Å². The summed E-state index contributed by atoms with van der Waals surface area (Å²) in [5, 5.41) is 20.0. The van der Waals surface area contributed by atoms with Gasteiger partial charge in [-0.15, -0.1) is 0 Å². The van der Waals surface area contributed by atoms with Crippen molar-refractivity contribution in [3.05, 3.63) is 35.9 Å². The molecule has 0 bridgehead atoms. The molecular formula is C18H23NO6. The number of aliphatic imine (C=N–C) groups is 1. The molecule has 0 aromatic heterocycles. The van der Waals surface area contributed by atoms with Crippen LogP contribution < -0.4 is 0 Å². The van der Waals surface area contributed by atoms with E-state index in [1.165, 1.54) is 14.0 Å². The maximum Gasteiger partial charge on any atom is 0.340 e. The van der Waals surface area contributed by atoms with Gasteiger partial charge in [0.1, 0.15) is 12.2 Å². The first kappa shape index (κ1) is 18.9. The fourth-order valence-electron chi connectivity index (χ4n) is 3.02. The molecule has 0 aliphatic carbocycles. The van der Waals surface area contributed by atoms with E-state index in [0.717, 1.165) is 0 Å². The molecule has 136 valence electrons. The van der Waals surface area contributed by atoms with Gasteiger partial charge in [0.05, 0.1) is 13.0 Å². The largest absolute Gasteiger partial charge is 0.481 e. The molecule has 7 heteroatoms. The van der Waals surface area contributed by atoms with Crippen LogP contribution >= 0.6 is 0 Å². The minimum atomic E-state index is -1.84. The van der Waals surface area contributed by atoms with E-state index >= 15 is 0 Å². The van der Waals surface area contributed by atoms with Crippen molar-refractivity contribution in [1.29, 1.82) is 0 Å². The molecule has 2 rings (SSSR count). The van der Waals surface area contributed by atoms with Gasteiger partial charge in [-0.2, -0.15) is 0 Å². The number of aliphatic hydroxyl groups is 1. The van der Waals surface area contributed by atoms with E-state index in [4.69, 9.17) is 9.47 Å². The predicted octanol–water partition coefficient (Wildman–Crippen LogP) is 1.48. The molecule has 1 aromatic carbocycles. The molecule has 0 amide bonds. The molecule has 0 saturated carbocycles. The molecular weight excluding hydrogens is 326 g/mol. The van der Waals surface area contributed by atoms with Crippen molar-refractivity contribution >= 4 is 17.8 Å². The summed E-state index contributed by atoms with van der Waals surface area (Å²) in [6.07, 6.45) is -2.46. The third-order valence-electron chi connectivity index (χ3n) is 4.41. The summed E-state index contributed by atoms with van der Waals surface area (Å²) < 4.78 is 10.8. The first-order valence-electron chi connectivity index (χ1n) is 8.06. The molecule has 7 nitrogen and oxygen atoms in total. The molecule has 0 fully saturated rings. The Bertz CT molecular complexity index is 671. The molecule has 0 unspecified atom stereocenters. The summed E-state index contributed by atoms with van der Waals surface area (Å²) in [4.78, 5) is 28.4. The molecule has 4 atom stereocenters. The minimum Gasteiger partial charge on any atom is -0.481 e. The van der Waals surface area contributed by atoms with Crippen LogP contribution in [0.5, 0.6) is 0 Å². The maximum atomic E-state index is 12.6. The van der Waals surface area contributed by atoms with Gasteiger partial charge in [0.15, 0.2) is 0 Å². The van der Waals surface area contributed by atoms with Gasteiger partial charge in [0.25, 0.3) is 0 Å². The van der Waals surface area contributed by atoms with Gasteiger partial charge in [0.2, 0.25) is 11.4 Å². The highest BCUT2D eigenvalue weighted by atomic mass is 16.5. The monoisotopic (exact) mass is 349 g/mol. The predicted molar refractivity (Wildman–Crippen MR) is 90.2 cm³/mol. The van der Waals surface area contributed by atoms with Gasteiger partial charge in [0, 0.05) is 5.56 Å². The Balaban J connectivity index is 2.61. The number of esters is 1. The number of aliphatic hydroxyl groups excluding tert-OH is 1. The zero-order chi connectivity index (χ0) is 18.8. The lowest BCUT2D eigenvalue weighted by molar-refractivity contribution is -0.163. The highest BCUT2D eigenvalue weighted by Crippen LogP contribution is 2.39. The molecule has 0 radical (unpaired) electrons. The van der Waals surface area contributed by atoms with Crippen molar-refractivity contribution in [2.45, 2.75) is 38.5 Å². The first-order valence-corrected chi connectivity index (χ1v) is 8.06. The van der Waals surface area contributed by atoms with Gasteiger partial charge in [-0.05, 0) is 25.0 Å². The van der Waals surface area contributed by atoms with Crippen LogP contribution in [-0.4, -0.2) is 52.9 Å². The number of ether oxygens (including phenoxy) is 2. The molecule has 2 N–H and O–H groups in total. The number of rotatable bonds is 6. The third-order valence-corrected chi connectivity index (χ3v) is 4.41. The van der Waals surface area contributed by atoms with Gasteiger partial charge < -0.3 is 19.7 Å². The molecule has 1 aliphatic heterocycles. The molecule has 25 heavy (non-hydrogen) atoms. The number of carbonyl (C=O) groups excluding carboxylic acids is 1. The van der Waals surface area contributed by atoms with Crippen LogP contribution in [0, 0.1) is 11.8 Å². The lowest BCUT2D eigenvalue weighted by atomic mass is 9.77. The summed E-state index contributed by atoms with van der Waals surface area (Å²) >= 11 is 0. The van der Waals surface area contributed by atoms with Crippen molar-refractivity contribution in [1.82, 2.24) is 0 Å². The SMILES string of the molecule is COC(=O)[C@@]1([C@@H](O)[C@@H](C)C(=O)O)N=C(c2ccccc2)O[C@H]1C(C)C. The van der Waals surface area contributed by atoms with Gasteiger partial charge in [-0.3, -0.25) is 4.79 Å². The topological polar surface area (TPSA) is 105 Å². The molecule has 1 aliphatic rings. The summed E-state index contributed by atoms with van der Waals surface area (Å²) in [6, 6.07) is 8.93. The molecule has 1 aromatic rings. The standard InChI is InChI=1S/C18H23NO6/c1-10(2)14-18(17(23)24-4,13(20)11(3)16(21)22)19-15(25-14)12-8-6-5-7-9-12/h5-11,13-14,20H,1-4H3,(H,21,22)/t11-,13+,14+,18+/m1/s1. The Hall–Kier alpha value is -2.41. The van der Waals surface area contributed by atoms with Crippen LogP contribution in [0.3, 0.4) is 0 Å². The number of hydrogen-bond acceptors (Lipinski definition) is 6. The van der Waals surface area contributed by atoms with Crippen LogP contribution in [0.2, 0.25) is 0 Å². The second-order valence-corrected chi connectivity index (χ2v) is 6.45. The number of benzene rings is 1. The fourth-order valence-corrected chi connectivity index (χ4v) is 3.02. The number of nitrogens with zero attached hydrogens (tertiary/aromatic N) is 1. The van der Waals surface area contributed by atoms with Gasteiger partial charge >= 0.3 is 11.9 Å². The summed E-state index contributed by atoms with van der Waals surface area (Å²) in [5.74, 6) is -3.33. The molecule has 1 heterocycles. The van der Waals surface area contributed by atoms with Gasteiger partial charge in [-0.25, -0.2) is 9.79 Å². The number of aliphatic carboxylic acids is 1. The summed E-state index contributed by atoms with van der Waals surface area (Å²) in [6.45, 7) is 4.94. The van der Waals surface area contributed by atoms with E-state index in [2.05, 4.69) is 4.99 Å². The van der Waals surface area contributed by atoms with Crippen LogP contribution in [0.15, 0.2) is 35.3 Å². The van der Waals surface area contributed by atoms with Crippen LogP contribution in [0.4, 0.5) is 0 Å². The highest BCUT2D eigenvalue weighted by Gasteiger charge is 2.61. The van der Waals surface area contributed by atoms with E-state index < -0.39 is 35.6 Å². The average molecular weight is 349 g/mol. The van der Waals surface area contributed by atoms with Crippen molar-refractivity contribution in [3.63, 3.8) is 0 Å². The molecule has 0 saturated heterocycles. The first-order chi connectivity index (χ1) is 11.8. The normalized spacial score (nSPS) is 25.0. The van der Waals surface area contributed by atoms with E-state index in [1.54, 1.807) is 24.3 Å². The zero-order valence-electron chi connectivity index (χ0n) is 14.7. The number of carbonyl (C=O) groups is 2. The average Bonchev–Trinajstić information content (AvgIpc) is 3.02. The van der Waals surface area contributed by atoms with Crippen LogP contribution in [0.1, 0.15) is 26.3 Å². The lowest BCUT2D eigenvalue weighted by Crippen LogP contribution is -2.60. The van der Waals surface area contributed by atoms with Crippen molar-refractivity contribution in [2.75, 3.05) is 7.11 Å².